The van der Waals surface area contributed by atoms with Crippen LogP contribution in [-0.2, 0) is 10.8 Å². The average Bonchev–Trinajstić information content (AvgIpc) is 4.07. The molecule has 0 nitrogen and oxygen atoms in total. The van der Waals surface area contributed by atoms with Gasteiger partial charge in [-0.25, -0.2) is 0 Å². The molecule has 0 aromatic heterocycles. The monoisotopic (exact) mass is 990 g/mol. The molecule has 14 aromatic rings. The van der Waals surface area contributed by atoms with Crippen molar-refractivity contribution in [3.8, 4) is 77.9 Å². The van der Waals surface area contributed by atoms with Gasteiger partial charge in [0.05, 0.1) is 0 Å². The quantitative estimate of drug-likeness (QED) is 0.151. The molecule has 0 atom stereocenters. The van der Waals surface area contributed by atoms with E-state index in [0.717, 1.165) is 0 Å². The Morgan fingerprint density at radius 2 is 0.410 bits per heavy atom. The van der Waals surface area contributed by atoms with Crippen LogP contribution in [0.4, 0.5) is 0 Å². The summed E-state index contributed by atoms with van der Waals surface area (Å²) in [5.41, 5.74) is 23.1. The third-order valence-corrected chi connectivity index (χ3v) is 18.2. The first-order valence-electron chi connectivity index (χ1n) is 27.6. The Bertz CT molecular complexity index is 4480. The molecule has 0 saturated carbocycles. The molecule has 14 aromatic carbocycles. The van der Waals surface area contributed by atoms with Gasteiger partial charge in [0.1, 0.15) is 0 Å². The van der Waals surface area contributed by atoms with Crippen LogP contribution in [0.25, 0.3) is 143 Å². The maximum Gasteiger partial charge on any atom is 0.0159 e. The van der Waals surface area contributed by atoms with E-state index in [1.807, 2.05) is 0 Å². The molecule has 78 heavy (non-hydrogen) atoms. The zero-order valence-electron chi connectivity index (χ0n) is 44.2. The maximum atomic E-state index is 2.51. The summed E-state index contributed by atoms with van der Waals surface area (Å²) in [6, 6.07) is 96.4. The lowest BCUT2D eigenvalue weighted by Crippen LogP contribution is -2.15. The van der Waals surface area contributed by atoms with Gasteiger partial charge in [0.15, 0.2) is 0 Å². The van der Waals surface area contributed by atoms with Gasteiger partial charge in [-0.15, -0.1) is 0 Å². The summed E-state index contributed by atoms with van der Waals surface area (Å²) in [5, 5.41) is 15.3. The van der Waals surface area contributed by atoms with Gasteiger partial charge in [-0.05, 0) is 201 Å². The predicted octanol–water partition coefficient (Wildman–Crippen LogP) is 21.6. The molecule has 0 spiro atoms. The van der Waals surface area contributed by atoms with E-state index in [1.54, 1.807) is 0 Å². The molecule has 366 valence electrons. The molecular weight excluding hydrogens is 937 g/mol. The van der Waals surface area contributed by atoms with Crippen molar-refractivity contribution >= 4 is 64.6 Å². The van der Waals surface area contributed by atoms with E-state index < -0.39 is 0 Å². The molecule has 0 heterocycles. The van der Waals surface area contributed by atoms with Crippen molar-refractivity contribution in [1.29, 1.82) is 0 Å². The largest absolute Gasteiger partial charge is 0.0616 e. The van der Waals surface area contributed by atoms with E-state index in [2.05, 4.69) is 282 Å². The lowest BCUT2D eigenvalue weighted by atomic mass is 9.79. The van der Waals surface area contributed by atoms with Crippen LogP contribution in [0, 0.1) is 0 Å². The van der Waals surface area contributed by atoms with Crippen molar-refractivity contribution in [3.63, 3.8) is 0 Å². The first kappa shape index (κ1) is 44.9. The van der Waals surface area contributed by atoms with E-state index in [-0.39, 0.29) is 10.8 Å². The molecular formula is C78H54. The third kappa shape index (κ3) is 6.47. The Hall–Kier alpha value is -9.36. The number of hydrogen-bond donors (Lipinski definition) is 0. The predicted molar refractivity (Wildman–Crippen MR) is 334 cm³/mol. The maximum absolute atomic E-state index is 2.51. The molecule has 0 aliphatic heterocycles. The molecule has 0 fully saturated rings. The van der Waals surface area contributed by atoms with Gasteiger partial charge >= 0.3 is 0 Å². The minimum Gasteiger partial charge on any atom is -0.0616 e. The Labute approximate surface area is 455 Å². The van der Waals surface area contributed by atoms with E-state index in [0.29, 0.717) is 0 Å². The van der Waals surface area contributed by atoms with Gasteiger partial charge in [-0.3, -0.25) is 0 Å². The summed E-state index contributed by atoms with van der Waals surface area (Å²) in [6.45, 7) is 9.70. The van der Waals surface area contributed by atoms with Crippen LogP contribution in [0.2, 0.25) is 0 Å². The molecule has 16 rings (SSSR count). The smallest absolute Gasteiger partial charge is 0.0159 e. The summed E-state index contributed by atoms with van der Waals surface area (Å²) < 4.78 is 0. The first-order chi connectivity index (χ1) is 38.2. The summed E-state index contributed by atoms with van der Waals surface area (Å²) in [5.74, 6) is 0. The van der Waals surface area contributed by atoms with Crippen molar-refractivity contribution in [3.05, 3.63) is 277 Å². The van der Waals surface area contributed by atoms with E-state index >= 15 is 0 Å². The number of rotatable bonds is 5. The fourth-order valence-electron chi connectivity index (χ4n) is 14.3. The summed E-state index contributed by atoms with van der Waals surface area (Å²) in [6.07, 6.45) is 0. The van der Waals surface area contributed by atoms with Crippen LogP contribution < -0.4 is 0 Å². The lowest BCUT2D eigenvalue weighted by molar-refractivity contribution is 0.660. The van der Waals surface area contributed by atoms with Gasteiger partial charge in [0.25, 0.3) is 0 Å². The number of hydrogen-bond acceptors (Lipinski definition) is 0. The Kier molecular flexibility index (Phi) is 9.54. The van der Waals surface area contributed by atoms with Gasteiger partial charge in [-0.1, -0.05) is 246 Å². The lowest BCUT2D eigenvalue weighted by Gasteiger charge is -2.24. The summed E-state index contributed by atoms with van der Waals surface area (Å²) in [7, 11) is 0. The van der Waals surface area contributed by atoms with Gasteiger partial charge in [0, 0.05) is 10.8 Å². The van der Waals surface area contributed by atoms with E-state index in [9.17, 15) is 0 Å². The normalized spacial score (nSPS) is 13.8. The second kappa shape index (κ2) is 16.6. The van der Waals surface area contributed by atoms with Crippen LogP contribution in [-0.4, -0.2) is 0 Å². The highest BCUT2D eigenvalue weighted by molar-refractivity contribution is 6.23. The fourth-order valence-corrected chi connectivity index (χ4v) is 14.3. The summed E-state index contributed by atoms with van der Waals surface area (Å²) >= 11 is 0. The zero-order chi connectivity index (χ0) is 52.0. The van der Waals surface area contributed by atoms with Crippen molar-refractivity contribution in [2.24, 2.45) is 0 Å². The molecule has 0 saturated heterocycles. The highest BCUT2D eigenvalue weighted by Gasteiger charge is 2.38. The second-order valence-electron chi connectivity index (χ2n) is 23.1. The molecule has 2 aliphatic rings. The number of benzene rings is 14. The van der Waals surface area contributed by atoms with Crippen molar-refractivity contribution < 1.29 is 0 Å². The molecule has 0 amide bonds. The molecule has 2 aliphatic carbocycles. The molecule has 0 radical (unpaired) electrons. The first-order valence-corrected chi connectivity index (χ1v) is 27.6. The standard InChI is InChI=1S/C78H54/c1-77(2)69-43-51(33-37-57(69)59-39-35-55(45-71(59)77)75-65-25-13-9-21-61(65)73(62-22-10-14-26-66(62)75)53-31-29-47-17-5-7-19-49(47)41-53)52-34-38-58-60-40-36-56(46-72(60)78(3,4)70(58)44-52)76-67-27-15-11-23-63(67)74(64-24-12-16-28-68(64)76)54-32-30-48-18-6-8-20-50(48)42-54/h5-46H,1-4H3. The SMILES string of the molecule is CC1(C)c2cc(-c3ccc4c(c3)C(C)(C)c3cc(-c5c6ccccc6c(-c6ccc7ccccc7c6)c6ccccc56)ccc3-4)ccc2-c2ccc(-c3c4ccccc4c(-c4ccc5ccccc5c4)c4ccccc34)cc21. The summed E-state index contributed by atoms with van der Waals surface area (Å²) in [4.78, 5) is 0. The Balaban J connectivity index is 0.763. The van der Waals surface area contributed by atoms with Crippen LogP contribution in [0.1, 0.15) is 49.9 Å². The minimum absolute atomic E-state index is 0.210. The highest BCUT2D eigenvalue weighted by atomic mass is 14.4. The van der Waals surface area contributed by atoms with Gasteiger partial charge < -0.3 is 0 Å². The van der Waals surface area contributed by atoms with Crippen LogP contribution >= 0.6 is 0 Å². The molecule has 0 heteroatoms. The van der Waals surface area contributed by atoms with E-state index in [4.69, 9.17) is 0 Å². The highest BCUT2D eigenvalue weighted by Crippen LogP contribution is 2.55. The third-order valence-electron chi connectivity index (χ3n) is 18.2. The van der Waals surface area contributed by atoms with Crippen molar-refractivity contribution in [2.75, 3.05) is 0 Å². The van der Waals surface area contributed by atoms with Gasteiger partial charge in [-0.2, -0.15) is 0 Å². The van der Waals surface area contributed by atoms with Crippen molar-refractivity contribution in [1.82, 2.24) is 0 Å². The average molecular weight is 991 g/mol. The topological polar surface area (TPSA) is 0 Å². The van der Waals surface area contributed by atoms with Crippen LogP contribution in [0.15, 0.2) is 255 Å². The van der Waals surface area contributed by atoms with E-state index in [1.165, 1.54) is 165 Å². The fraction of sp³-hybridized carbons (Fsp3) is 0.0769. The molecule has 0 N–H and O–H groups in total. The Morgan fingerprint density at radius 3 is 0.705 bits per heavy atom. The van der Waals surface area contributed by atoms with Crippen LogP contribution in [0.5, 0.6) is 0 Å². The van der Waals surface area contributed by atoms with Gasteiger partial charge in [0.2, 0.25) is 0 Å². The second-order valence-corrected chi connectivity index (χ2v) is 23.1. The molecule has 0 unspecified atom stereocenters. The molecule has 0 bridgehead atoms. The van der Waals surface area contributed by atoms with Crippen LogP contribution in [0.3, 0.4) is 0 Å². The number of fused-ring (bicyclic) bond motifs is 12. The zero-order valence-corrected chi connectivity index (χ0v) is 44.2. The van der Waals surface area contributed by atoms with Crippen molar-refractivity contribution in [2.45, 2.75) is 38.5 Å². The Morgan fingerprint density at radius 1 is 0.192 bits per heavy atom. The minimum atomic E-state index is -0.210.